The maximum absolute atomic E-state index is 13.5. The molecule has 0 fully saturated rings. The summed E-state index contributed by atoms with van der Waals surface area (Å²) in [6, 6.07) is 3.68. The van der Waals surface area contributed by atoms with Crippen LogP contribution in [0.5, 0.6) is 0 Å². The van der Waals surface area contributed by atoms with E-state index in [1.165, 1.54) is 12.1 Å². The molecule has 0 amide bonds. The van der Waals surface area contributed by atoms with Crippen molar-refractivity contribution in [3.8, 4) is 0 Å². The summed E-state index contributed by atoms with van der Waals surface area (Å²) in [5.74, 6) is 4.42. The van der Waals surface area contributed by atoms with Gasteiger partial charge >= 0.3 is 0 Å². The average molecular weight is 268 g/mol. The van der Waals surface area contributed by atoms with Crippen molar-refractivity contribution in [1.29, 1.82) is 0 Å². The zero-order chi connectivity index (χ0) is 14.1. The van der Waals surface area contributed by atoms with Crippen LogP contribution in [-0.2, 0) is 6.42 Å². The van der Waals surface area contributed by atoms with Gasteiger partial charge in [-0.15, -0.1) is 6.58 Å². The Bertz CT molecular complexity index is 394. The Morgan fingerprint density at radius 1 is 1.26 bits per heavy atom. The van der Waals surface area contributed by atoms with Crippen molar-refractivity contribution in [2.24, 2.45) is 5.84 Å². The third kappa shape index (κ3) is 5.94. The minimum absolute atomic E-state index is 0.0173. The van der Waals surface area contributed by atoms with Gasteiger partial charge in [0.1, 0.15) is 11.6 Å². The standard InChI is InChI=1S/C15H22F2N2/c1-2-3-4-5-6-7-14(19-18)10-12-8-9-13(16)11-15(12)17/h2,8-9,11,14,19H,1,3-7,10,18H2. The second-order valence-electron chi connectivity index (χ2n) is 4.73. The summed E-state index contributed by atoms with van der Waals surface area (Å²) in [5.41, 5.74) is 3.20. The molecule has 1 aromatic carbocycles. The minimum Gasteiger partial charge on any atom is -0.271 e. The number of nitrogens with two attached hydrogens (primary N) is 1. The fourth-order valence-corrected chi connectivity index (χ4v) is 2.05. The number of nitrogens with one attached hydrogen (secondary N) is 1. The van der Waals surface area contributed by atoms with Crippen molar-refractivity contribution in [3.63, 3.8) is 0 Å². The number of hydrazine groups is 1. The summed E-state index contributed by atoms with van der Waals surface area (Å²) in [6.07, 6.45) is 7.54. The van der Waals surface area contributed by atoms with Gasteiger partial charge in [-0.3, -0.25) is 11.3 Å². The van der Waals surface area contributed by atoms with Crippen molar-refractivity contribution in [2.45, 2.75) is 44.6 Å². The lowest BCUT2D eigenvalue weighted by molar-refractivity contribution is 0.455. The highest BCUT2D eigenvalue weighted by Crippen LogP contribution is 2.14. The smallest absolute Gasteiger partial charge is 0.129 e. The summed E-state index contributed by atoms with van der Waals surface area (Å²) in [4.78, 5) is 0. The van der Waals surface area contributed by atoms with Gasteiger partial charge in [-0.1, -0.05) is 25.0 Å². The monoisotopic (exact) mass is 268 g/mol. The molecule has 2 nitrogen and oxygen atoms in total. The Balaban J connectivity index is 2.40. The topological polar surface area (TPSA) is 38.0 Å². The molecule has 1 unspecified atom stereocenters. The highest BCUT2D eigenvalue weighted by Gasteiger charge is 2.11. The third-order valence-corrected chi connectivity index (χ3v) is 3.18. The number of allylic oxidation sites excluding steroid dienone is 1. The number of benzene rings is 1. The molecule has 1 atom stereocenters. The van der Waals surface area contributed by atoms with Crippen molar-refractivity contribution >= 4 is 0 Å². The first-order chi connectivity index (χ1) is 9.17. The maximum Gasteiger partial charge on any atom is 0.129 e. The van der Waals surface area contributed by atoms with Gasteiger partial charge in [0.15, 0.2) is 0 Å². The summed E-state index contributed by atoms with van der Waals surface area (Å²) in [5, 5.41) is 0. The molecule has 19 heavy (non-hydrogen) atoms. The first kappa shape index (κ1) is 15.8. The molecule has 1 rings (SSSR count). The molecule has 4 heteroatoms. The molecular weight excluding hydrogens is 246 g/mol. The van der Waals surface area contributed by atoms with Gasteiger partial charge in [0.25, 0.3) is 0 Å². The zero-order valence-electron chi connectivity index (χ0n) is 11.2. The molecule has 0 aliphatic carbocycles. The van der Waals surface area contributed by atoms with Crippen LogP contribution < -0.4 is 11.3 Å². The van der Waals surface area contributed by atoms with Gasteiger partial charge < -0.3 is 0 Å². The highest BCUT2D eigenvalue weighted by molar-refractivity contribution is 5.19. The zero-order valence-corrected chi connectivity index (χ0v) is 11.2. The molecular formula is C15H22F2N2. The van der Waals surface area contributed by atoms with E-state index in [-0.39, 0.29) is 6.04 Å². The minimum atomic E-state index is -0.553. The van der Waals surface area contributed by atoms with Gasteiger partial charge in [-0.25, -0.2) is 8.78 Å². The molecule has 0 aromatic heterocycles. The van der Waals surface area contributed by atoms with Crippen LogP contribution >= 0.6 is 0 Å². The van der Waals surface area contributed by atoms with Crippen LogP contribution in [0, 0.1) is 11.6 Å². The third-order valence-electron chi connectivity index (χ3n) is 3.18. The molecule has 0 aliphatic rings. The van der Waals surface area contributed by atoms with Crippen LogP contribution in [0.2, 0.25) is 0 Å². The Kier molecular flexibility index (Phi) is 7.30. The van der Waals surface area contributed by atoms with Crippen LogP contribution in [0.1, 0.15) is 37.7 Å². The molecule has 1 aromatic rings. The van der Waals surface area contributed by atoms with Crippen LogP contribution in [0.4, 0.5) is 8.78 Å². The van der Waals surface area contributed by atoms with E-state index >= 15 is 0 Å². The second-order valence-corrected chi connectivity index (χ2v) is 4.73. The number of unbranched alkanes of at least 4 members (excludes halogenated alkanes) is 3. The Labute approximate surface area is 113 Å². The van der Waals surface area contributed by atoms with Crippen molar-refractivity contribution in [3.05, 3.63) is 48.1 Å². The van der Waals surface area contributed by atoms with E-state index in [1.54, 1.807) is 0 Å². The van der Waals surface area contributed by atoms with Crippen LogP contribution in [-0.4, -0.2) is 6.04 Å². The van der Waals surface area contributed by atoms with E-state index in [2.05, 4.69) is 12.0 Å². The number of halogens is 2. The van der Waals surface area contributed by atoms with E-state index in [4.69, 9.17) is 5.84 Å². The number of rotatable bonds is 9. The van der Waals surface area contributed by atoms with E-state index in [0.29, 0.717) is 12.0 Å². The van der Waals surface area contributed by atoms with E-state index < -0.39 is 11.6 Å². The highest BCUT2D eigenvalue weighted by atomic mass is 19.1. The van der Waals surface area contributed by atoms with Crippen molar-refractivity contribution in [1.82, 2.24) is 5.43 Å². The van der Waals surface area contributed by atoms with Crippen LogP contribution in [0.15, 0.2) is 30.9 Å². The van der Waals surface area contributed by atoms with Crippen LogP contribution in [0.25, 0.3) is 0 Å². The predicted molar refractivity (Wildman–Crippen MR) is 74.5 cm³/mol. The fraction of sp³-hybridized carbons (Fsp3) is 0.467. The van der Waals surface area contributed by atoms with Gasteiger partial charge in [-0.2, -0.15) is 0 Å². The van der Waals surface area contributed by atoms with Gasteiger partial charge in [0, 0.05) is 12.1 Å². The average Bonchev–Trinajstić information content (AvgIpc) is 2.39. The lowest BCUT2D eigenvalue weighted by atomic mass is 10.00. The lowest BCUT2D eigenvalue weighted by Gasteiger charge is -2.16. The summed E-state index contributed by atoms with van der Waals surface area (Å²) >= 11 is 0. The van der Waals surface area contributed by atoms with Gasteiger partial charge in [-0.05, 0) is 37.3 Å². The van der Waals surface area contributed by atoms with Gasteiger partial charge in [0.2, 0.25) is 0 Å². The van der Waals surface area contributed by atoms with E-state index in [9.17, 15) is 8.78 Å². The lowest BCUT2D eigenvalue weighted by Crippen LogP contribution is -2.36. The Morgan fingerprint density at radius 3 is 2.68 bits per heavy atom. The molecule has 0 saturated heterocycles. The molecule has 0 bridgehead atoms. The summed E-state index contributed by atoms with van der Waals surface area (Å²) in [7, 11) is 0. The molecule has 0 saturated carbocycles. The second kappa shape index (κ2) is 8.77. The normalized spacial score (nSPS) is 12.4. The predicted octanol–water partition coefficient (Wildman–Crippen LogP) is 3.48. The van der Waals surface area contributed by atoms with Crippen molar-refractivity contribution < 1.29 is 8.78 Å². The Morgan fingerprint density at radius 2 is 2.05 bits per heavy atom. The summed E-state index contributed by atoms with van der Waals surface area (Å²) in [6.45, 7) is 3.68. The summed E-state index contributed by atoms with van der Waals surface area (Å²) < 4.78 is 26.3. The molecule has 0 aliphatic heterocycles. The maximum atomic E-state index is 13.5. The SMILES string of the molecule is C=CCCCCCC(Cc1ccc(F)cc1F)NN. The molecule has 3 N–H and O–H groups in total. The van der Waals surface area contributed by atoms with E-state index in [1.807, 2.05) is 6.08 Å². The number of hydrogen-bond donors (Lipinski definition) is 2. The van der Waals surface area contributed by atoms with E-state index in [0.717, 1.165) is 38.2 Å². The first-order valence-electron chi connectivity index (χ1n) is 6.68. The largest absolute Gasteiger partial charge is 0.271 e. The van der Waals surface area contributed by atoms with Crippen LogP contribution in [0.3, 0.4) is 0 Å². The number of hydrogen-bond acceptors (Lipinski definition) is 2. The molecule has 106 valence electrons. The fourth-order valence-electron chi connectivity index (χ4n) is 2.05. The van der Waals surface area contributed by atoms with Crippen molar-refractivity contribution in [2.75, 3.05) is 0 Å². The quantitative estimate of drug-likeness (QED) is 0.311. The van der Waals surface area contributed by atoms with Gasteiger partial charge in [0.05, 0.1) is 0 Å². The molecule has 0 spiro atoms. The molecule has 0 radical (unpaired) electrons. The molecule has 0 heterocycles. The Hall–Kier alpha value is -1.26. The first-order valence-corrected chi connectivity index (χ1v) is 6.68.